The summed E-state index contributed by atoms with van der Waals surface area (Å²) >= 11 is 5.05. The smallest absolute Gasteiger partial charge is 0.147 e. The Hall–Kier alpha value is -1.13. The van der Waals surface area contributed by atoms with E-state index in [0.717, 1.165) is 27.1 Å². The van der Waals surface area contributed by atoms with Gasteiger partial charge in [0.15, 0.2) is 0 Å². The maximum Gasteiger partial charge on any atom is 0.147 e. The van der Waals surface area contributed by atoms with Crippen molar-refractivity contribution in [3.8, 4) is 0 Å². The molecular formula is C14H12BrNOS. The van der Waals surface area contributed by atoms with Gasteiger partial charge in [-0.1, -0.05) is 18.2 Å². The number of para-hydroxylation sites is 1. The molecule has 3 rings (SSSR count). The minimum Gasteiger partial charge on any atom is -0.384 e. The van der Waals surface area contributed by atoms with Crippen LogP contribution in [0.5, 0.6) is 0 Å². The molecule has 4 heteroatoms. The minimum absolute atomic E-state index is 0.00192. The van der Waals surface area contributed by atoms with Crippen molar-refractivity contribution in [1.29, 1.82) is 0 Å². The normalized spacial score (nSPS) is 17.3. The summed E-state index contributed by atoms with van der Waals surface area (Å²) < 4.78 is 1.06. The molecule has 0 amide bonds. The number of rotatable bonds is 3. The van der Waals surface area contributed by atoms with Gasteiger partial charge >= 0.3 is 0 Å². The lowest BCUT2D eigenvalue weighted by molar-refractivity contribution is -0.119. The lowest BCUT2D eigenvalue weighted by atomic mass is 9.95. The molecule has 1 N–H and O–H groups in total. The second-order valence-corrected chi connectivity index (χ2v) is 6.31. The molecule has 0 saturated carbocycles. The molecule has 1 aliphatic rings. The average Bonchev–Trinajstić information content (AvgIpc) is 2.95. The number of fused-ring (bicyclic) bond motifs is 1. The molecule has 0 bridgehead atoms. The van der Waals surface area contributed by atoms with E-state index in [0.29, 0.717) is 12.2 Å². The second kappa shape index (κ2) is 4.86. The van der Waals surface area contributed by atoms with Crippen LogP contribution in [0.25, 0.3) is 0 Å². The molecule has 92 valence electrons. The minimum atomic E-state index is 0.00192. The fourth-order valence-electron chi connectivity index (χ4n) is 2.31. The van der Waals surface area contributed by atoms with Crippen LogP contribution in [-0.4, -0.2) is 12.3 Å². The van der Waals surface area contributed by atoms with Crippen molar-refractivity contribution in [1.82, 2.24) is 0 Å². The van der Waals surface area contributed by atoms with Crippen LogP contribution in [0.15, 0.2) is 40.2 Å². The highest BCUT2D eigenvalue weighted by Crippen LogP contribution is 2.33. The van der Waals surface area contributed by atoms with Gasteiger partial charge in [0.2, 0.25) is 0 Å². The molecule has 2 nitrogen and oxygen atoms in total. The summed E-state index contributed by atoms with van der Waals surface area (Å²) in [7, 11) is 0. The molecule has 0 aliphatic carbocycles. The molecule has 1 unspecified atom stereocenters. The summed E-state index contributed by atoms with van der Waals surface area (Å²) in [5, 5.41) is 5.31. The molecule has 1 aliphatic heterocycles. The number of Topliss-reactive ketones (excluding diaryl/α,β-unsaturated/α-hetero) is 1. The van der Waals surface area contributed by atoms with Crippen molar-refractivity contribution in [3.05, 3.63) is 50.6 Å². The number of benzene rings is 1. The third-order valence-corrected chi connectivity index (χ3v) is 4.89. The van der Waals surface area contributed by atoms with Gasteiger partial charge in [-0.25, -0.2) is 0 Å². The van der Waals surface area contributed by atoms with Crippen LogP contribution in [0.1, 0.15) is 16.4 Å². The van der Waals surface area contributed by atoms with Gasteiger partial charge in [-0.15, -0.1) is 11.3 Å². The molecule has 0 spiro atoms. The second-order valence-electron chi connectivity index (χ2n) is 4.40. The van der Waals surface area contributed by atoms with Crippen LogP contribution in [0.3, 0.4) is 0 Å². The van der Waals surface area contributed by atoms with E-state index in [2.05, 4.69) is 21.2 Å². The molecule has 18 heavy (non-hydrogen) atoms. The predicted molar refractivity (Wildman–Crippen MR) is 78.4 cm³/mol. The fraction of sp³-hybridized carbons (Fsp3) is 0.214. The topological polar surface area (TPSA) is 29.1 Å². The number of nitrogens with one attached hydrogen (secondary N) is 1. The number of hydrogen-bond donors (Lipinski definition) is 1. The summed E-state index contributed by atoms with van der Waals surface area (Å²) in [5.74, 6) is 0.295. The fourth-order valence-corrected chi connectivity index (χ4v) is 3.77. The Kier molecular flexibility index (Phi) is 3.22. The number of carbonyl (C=O) groups is 1. The van der Waals surface area contributed by atoms with Gasteiger partial charge in [0.1, 0.15) is 5.78 Å². The highest BCUT2D eigenvalue weighted by atomic mass is 79.9. The zero-order valence-corrected chi connectivity index (χ0v) is 12.1. The van der Waals surface area contributed by atoms with Crippen molar-refractivity contribution >= 4 is 38.7 Å². The first-order valence-electron chi connectivity index (χ1n) is 5.82. The molecule has 1 atom stereocenters. The number of anilines is 1. The first kappa shape index (κ1) is 11.9. The lowest BCUT2D eigenvalue weighted by Gasteiger charge is -2.07. The van der Waals surface area contributed by atoms with Crippen LogP contribution in [0.4, 0.5) is 5.69 Å². The Bertz CT molecular complexity index is 593. The molecule has 0 fully saturated rings. The molecular weight excluding hydrogens is 310 g/mol. The Balaban J connectivity index is 1.78. The van der Waals surface area contributed by atoms with Gasteiger partial charge in [-0.05, 0) is 33.6 Å². The molecule has 2 heterocycles. The van der Waals surface area contributed by atoms with Crippen molar-refractivity contribution in [2.45, 2.75) is 12.3 Å². The third-order valence-electron chi connectivity index (χ3n) is 3.19. The molecule has 1 aromatic carbocycles. The number of ketones is 1. The van der Waals surface area contributed by atoms with Crippen molar-refractivity contribution < 1.29 is 4.79 Å². The third kappa shape index (κ3) is 2.22. The maximum absolute atomic E-state index is 12.3. The van der Waals surface area contributed by atoms with E-state index < -0.39 is 0 Å². The molecule has 1 aromatic heterocycles. The molecule has 0 radical (unpaired) electrons. The predicted octanol–water partition coefficient (Wildman–Crippen LogP) is 3.83. The highest BCUT2D eigenvalue weighted by molar-refractivity contribution is 9.10. The van der Waals surface area contributed by atoms with Gasteiger partial charge in [-0.3, -0.25) is 4.79 Å². The lowest BCUT2D eigenvalue weighted by Crippen LogP contribution is -2.16. The van der Waals surface area contributed by atoms with E-state index in [4.69, 9.17) is 0 Å². The number of carbonyl (C=O) groups excluding carboxylic acids is 1. The average molecular weight is 322 g/mol. The highest BCUT2D eigenvalue weighted by Gasteiger charge is 2.27. The quantitative estimate of drug-likeness (QED) is 0.930. The maximum atomic E-state index is 12.3. The van der Waals surface area contributed by atoms with Gasteiger partial charge in [0, 0.05) is 33.4 Å². The van der Waals surface area contributed by atoms with Gasteiger partial charge in [0.05, 0.1) is 5.92 Å². The van der Waals surface area contributed by atoms with E-state index >= 15 is 0 Å². The summed E-state index contributed by atoms with van der Waals surface area (Å²) in [6.45, 7) is 0.727. The first-order chi connectivity index (χ1) is 8.74. The van der Waals surface area contributed by atoms with E-state index in [-0.39, 0.29) is 5.92 Å². The van der Waals surface area contributed by atoms with Gasteiger partial charge in [-0.2, -0.15) is 0 Å². The van der Waals surface area contributed by atoms with Crippen LogP contribution in [0.2, 0.25) is 0 Å². The molecule has 0 saturated heterocycles. The van der Waals surface area contributed by atoms with Gasteiger partial charge in [0.25, 0.3) is 0 Å². The van der Waals surface area contributed by atoms with Crippen LogP contribution < -0.4 is 5.32 Å². The van der Waals surface area contributed by atoms with Crippen LogP contribution >= 0.6 is 27.3 Å². The monoisotopic (exact) mass is 321 g/mol. The Morgan fingerprint density at radius 3 is 3.06 bits per heavy atom. The molecule has 2 aromatic rings. The van der Waals surface area contributed by atoms with E-state index in [9.17, 15) is 4.79 Å². The largest absolute Gasteiger partial charge is 0.384 e. The van der Waals surface area contributed by atoms with Crippen molar-refractivity contribution in [3.63, 3.8) is 0 Å². The van der Waals surface area contributed by atoms with Gasteiger partial charge < -0.3 is 5.32 Å². The van der Waals surface area contributed by atoms with Crippen molar-refractivity contribution in [2.24, 2.45) is 0 Å². The van der Waals surface area contributed by atoms with E-state index in [1.54, 1.807) is 11.3 Å². The number of halogens is 1. The standard InChI is InChI=1S/C14H12BrNOS/c15-9-5-10(18-8-9)6-14(17)12-7-16-13-4-2-1-3-11(12)13/h1-5,8,12,16H,6-7H2. The zero-order valence-electron chi connectivity index (χ0n) is 9.65. The summed E-state index contributed by atoms with van der Waals surface area (Å²) in [5.41, 5.74) is 2.24. The van der Waals surface area contributed by atoms with Crippen LogP contribution in [-0.2, 0) is 11.2 Å². The van der Waals surface area contributed by atoms with Crippen molar-refractivity contribution in [2.75, 3.05) is 11.9 Å². The number of hydrogen-bond acceptors (Lipinski definition) is 3. The first-order valence-corrected chi connectivity index (χ1v) is 7.50. The number of thiophene rings is 1. The Morgan fingerprint density at radius 1 is 1.44 bits per heavy atom. The Labute approximate surface area is 118 Å². The summed E-state index contributed by atoms with van der Waals surface area (Å²) in [6.07, 6.45) is 0.525. The van der Waals surface area contributed by atoms with E-state index in [1.165, 1.54) is 0 Å². The zero-order chi connectivity index (χ0) is 12.5. The summed E-state index contributed by atoms with van der Waals surface area (Å²) in [4.78, 5) is 13.5. The summed E-state index contributed by atoms with van der Waals surface area (Å²) in [6, 6.07) is 10.1. The van der Waals surface area contributed by atoms with E-state index in [1.807, 2.05) is 35.7 Å². The SMILES string of the molecule is O=C(Cc1cc(Br)cs1)C1CNc2ccccc21. The Morgan fingerprint density at radius 2 is 2.28 bits per heavy atom. The van der Waals surface area contributed by atoms with Crippen LogP contribution in [0, 0.1) is 0 Å².